The molecule has 0 bridgehead atoms. The summed E-state index contributed by atoms with van der Waals surface area (Å²) in [4.78, 5) is 24.8. The molecule has 0 fully saturated rings. The second kappa shape index (κ2) is 19.8. The van der Waals surface area contributed by atoms with Gasteiger partial charge < -0.3 is 33.2 Å². The maximum atomic E-state index is 5.59. The molecule has 0 aromatic carbocycles. The molecule has 0 aliphatic rings. The topological polar surface area (TPSA) is 142 Å². The van der Waals surface area contributed by atoms with Gasteiger partial charge in [-0.25, -0.2) is 0 Å². The second-order valence-corrected chi connectivity index (χ2v) is 7.20. The van der Waals surface area contributed by atoms with Crippen molar-refractivity contribution in [2.45, 2.75) is 27.7 Å². The van der Waals surface area contributed by atoms with E-state index in [0.29, 0.717) is 26.4 Å². The Kier molecular flexibility index (Phi) is 15.7. The monoisotopic (exact) mass is 544 g/mol. The fourth-order valence-electron chi connectivity index (χ4n) is 2.39. The van der Waals surface area contributed by atoms with Gasteiger partial charge in [-0.2, -0.15) is 0 Å². The maximum Gasteiger partial charge on any atom is 0.326 e. The van der Waals surface area contributed by atoms with Crippen molar-refractivity contribution in [3.8, 4) is 36.1 Å². The molecule has 13 heteroatoms. The third-order valence-corrected chi connectivity index (χ3v) is 4.24. The van der Waals surface area contributed by atoms with E-state index in [-0.39, 0.29) is 62.5 Å². The highest BCUT2D eigenvalue weighted by molar-refractivity contribution is 5.10. The molecule has 0 N–H and O–H groups in total. The van der Waals surface area contributed by atoms with Crippen LogP contribution in [0.4, 0.5) is 0 Å². The van der Waals surface area contributed by atoms with Crippen LogP contribution < -0.4 is 28.4 Å². The van der Waals surface area contributed by atoms with Crippen LogP contribution in [0.1, 0.15) is 27.7 Å². The molecule has 0 radical (unpaired) electrons. The number of rotatable bonds is 20. The lowest BCUT2D eigenvalue weighted by Crippen LogP contribution is -2.15. The molecule has 0 aliphatic carbocycles. The number of aromatic nitrogens is 6. The summed E-state index contributed by atoms with van der Waals surface area (Å²) in [6.07, 6.45) is 14.7. The minimum Gasteiger partial charge on any atom is -0.461 e. The van der Waals surface area contributed by atoms with Crippen molar-refractivity contribution < 1.29 is 33.2 Å². The van der Waals surface area contributed by atoms with Crippen LogP contribution in [0.3, 0.4) is 0 Å². The summed E-state index contributed by atoms with van der Waals surface area (Å²) in [6, 6.07) is 0.535. The lowest BCUT2D eigenvalue weighted by molar-refractivity contribution is 0.0705. The summed E-state index contributed by atoms with van der Waals surface area (Å²) in [5.74, 6) is 0. The summed E-state index contributed by atoms with van der Waals surface area (Å²) in [6.45, 7) is 9.69. The van der Waals surface area contributed by atoms with Crippen molar-refractivity contribution in [2.75, 3.05) is 52.9 Å². The molecular weight excluding hydrogens is 508 g/mol. The van der Waals surface area contributed by atoms with Crippen LogP contribution in [-0.2, 0) is 4.74 Å². The molecule has 0 amide bonds. The van der Waals surface area contributed by atoms with Gasteiger partial charge in [-0.3, -0.25) is 0 Å². The predicted molar refractivity (Wildman–Crippen MR) is 143 cm³/mol. The Morgan fingerprint density at radius 2 is 0.641 bits per heavy atom. The van der Waals surface area contributed by atoms with Crippen molar-refractivity contribution in [3.05, 3.63) is 48.6 Å². The Morgan fingerprint density at radius 3 is 0.897 bits per heavy atom. The molecular formula is C26H36N6O7. The molecule has 0 aliphatic heterocycles. The van der Waals surface area contributed by atoms with Gasteiger partial charge in [0, 0.05) is 0 Å². The lowest BCUT2D eigenvalue weighted by atomic mass is 10.6. The van der Waals surface area contributed by atoms with Crippen molar-refractivity contribution in [3.63, 3.8) is 0 Å². The molecule has 212 valence electrons. The highest BCUT2D eigenvalue weighted by Crippen LogP contribution is 2.16. The Balaban J connectivity index is 1.82. The normalized spacial score (nSPS) is 11.6. The largest absolute Gasteiger partial charge is 0.461 e. The van der Waals surface area contributed by atoms with Gasteiger partial charge >= 0.3 is 36.1 Å². The van der Waals surface area contributed by atoms with Gasteiger partial charge in [0.15, 0.2) is 0 Å². The van der Waals surface area contributed by atoms with E-state index in [4.69, 9.17) is 33.2 Å². The van der Waals surface area contributed by atoms with Crippen molar-refractivity contribution in [2.24, 2.45) is 0 Å². The Morgan fingerprint density at radius 1 is 0.385 bits per heavy atom. The fraction of sp³-hybridized carbons (Fsp3) is 0.462. The summed E-state index contributed by atoms with van der Waals surface area (Å²) in [5, 5.41) is 0. The van der Waals surface area contributed by atoms with E-state index in [1.807, 2.05) is 76.3 Å². The molecule has 39 heavy (non-hydrogen) atoms. The highest BCUT2D eigenvalue weighted by Gasteiger charge is 2.11. The van der Waals surface area contributed by atoms with Crippen molar-refractivity contribution in [1.82, 2.24) is 29.9 Å². The van der Waals surface area contributed by atoms with Crippen LogP contribution in [-0.4, -0.2) is 82.8 Å². The van der Waals surface area contributed by atoms with Crippen molar-refractivity contribution >= 4 is 0 Å². The van der Waals surface area contributed by atoms with E-state index in [1.54, 1.807) is 0 Å². The van der Waals surface area contributed by atoms with Crippen LogP contribution in [0.25, 0.3) is 0 Å². The molecule has 2 heterocycles. The van der Waals surface area contributed by atoms with E-state index in [1.165, 1.54) is 0 Å². The van der Waals surface area contributed by atoms with Crippen LogP contribution in [0.5, 0.6) is 36.1 Å². The number of hydrogen-bond acceptors (Lipinski definition) is 13. The second-order valence-electron chi connectivity index (χ2n) is 7.20. The SMILES string of the molecule is C/C=C/COc1nc(OC/C=C/C)nc(OCCOCCOc2nc(OC/C=C/C)nc(OC/C=C/C)n2)n1. The summed E-state index contributed by atoms with van der Waals surface area (Å²) < 4.78 is 38.7. The Labute approximate surface area is 228 Å². The number of nitrogens with zero attached hydrogens (tertiary/aromatic N) is 6. The fourth-order valence-corrected chi connectivity index (χ4v) is 2.39. The van der Waals surface area contributed by atoms with Gasteiger partial charge in [-0.1, -0.05) is 48.6 Å². The van der Waals surface area contributed by atoms with E-state index >= 15 is 0 Å². The van der Waals surface area contributed by atoms with Gasteiger partial charge in [0.2, 0.25) is 0 Å². The molecule has 0 spiro atoms. The highest BCUT2D eigenvalue weighted by atomic mass is 16.6. The first-order chi connectivity index (χ1) is 19.2. The third kappa shape index (κ3) is 13.7. The number of allylic oxidation sites excluding steroid dienone is 4. The first kappa shape index (κ1) is 31.0. The third-order valence-electron chi connectivity index (χ3n) is 4.24. The van der Waals surface area contributed by atoms with Gasteiger partial charge in [0.25, 0.3) is 0 Å². The van der Waals surface area contributed by atoms with E-state index in [9.17, 15) is 0 Å². The minimum absolute atomic E-state index is 0.0666. The molecule has 2 aromatic heterocycles. The van der Waals surface area contributed by atoms with Crippen LogP contribution in [0.2, 0.25) is 0 Å². The predicted octanol–water partition coefficient (Wildman–Crippen LogP) is 3.35. The summed E-state index contributed by atoms with van der Waals surface area (Å²) in [5.41, 5.74) is 0. The number of hydrogen-bond donors (Lipinski definition) is 0. The van der Waals surface area contributed by atoms with E-state index in [0.717, 1.165) is 0 Å². The molecule has 2 aromatic rings. The molecule has 0 atom stereocenters. The zero-order chi connectivity index (χ0) is 28.0. The van der Waals surface area contributed by atoms with Gasteiger partial charge in [0.1, 0.15) is 39.6 Å². The molecule has 0 saturated carbocycles. The summed E-state index contributed by atoms with van der Waals surface area (Å²) >= 11 is 0. The smallest absolute Gasteiger partial charge is 0.326 e. The quantitative estimate of drug-likeness (QED) is 0.178. The Hall–Kier alpha value is -4.26. The molecule has 13 nitrogen and oxygen atoms in total. The van der Waals surface area contributed by atoms with Crippen LogP contribution in [0.15, 0.2) is 48.6 Å². The zero-order valence-corrected chi connectivity index (χ0v) is 22.8. The maximum absolute atomic E-state index is 5.59. The zero-order valence-electron chi connectivity index (χ0n) is 22.8. The number of ether oxygens (including phenoxy) is 7. The van der Waals surface area contributed by atoms with Gasteiger partial charge in [0.05, 0.1) is 13.2 Å². The first-order valence-electron chi connectivity index (χ1n) is 12.5. The average molecular weight is 545 g/mol. The standard InChI is InChI=1S/C26H36N6O7/c1-5-9-13-34-21-27-22(35-14-10-6-2)30-25(29-21)38-19-17-33-18-20-39-26-31-23(36-15-11-7-3)28-24(32-26)37-16-12-8-4/h5-12H,13-20H2,1-4H3/b9-5+,10-6+,11-7+,12-8+. The summed E-state index contributed by atoms with van der Waals surface area (Å²) in [7, 11) is 0. The van der Waals surface area contributed by atoms with Crippen molar-refractivity contribution in [1.29, 1.82) is 0 Å². The van der Waals surface area contributed by atoms with Gasteiger partial charge in [-0.15, -0.1) is 29.9 Å². The first-order valence-corrected chi connectivity index (χ1v) is 12.5. The minimum atomic E-state index is 0.0666. The molecule has 2 rings (SSSR count). The van der Waals surface area contributed by atoms with Crippen LogP contribution in [0, 0.1) is 0 Å². The average Bonchev–Trinajstić information content (AvgIpc) is 2.93. The molecule has 0 unspecified atom stereocenters. The molecule has 0 saturated heterocycles. The van der Waals surface area contributed by atoms with E-state index < -0.39 is 0 Å². The van der Waals surface area contributed by atoms with Crippen LogP contribution >= 0.6 is 0 Å². The Bertz CT molecular complexity index is 927. The lowest BCUT2D eigenvalue weighted by Gasteiger charge is -2.10. The van der Waals surface area contributed by atoms with Gasteiger partial charge in [-0.05, 0) is 27.7 Å². The van der Waals surface area contributed by atoms with E-state index in [2.05, 4.69) is 29.9 Å².